The predicted octanol–water partition coefficient (Wildman–Crippen LogP) is 4.30. The molecule has 0 spiro atoms. The lowest BCUT2D eigenvalue weighted by Gasteiger charge is -2.15. The Balaban J connectivity index is 0.00000480. The van der Waals surface area contributed by atoms with Crippen molar-refractivity contribution in [2.24, 2.45) is 10.9 Å². The lowest BCUT2D eigenvalue weighted by Crippen LogP contribution is -2.31. The molecule has 0 saturated heterocycles. The van der Waals surface area contributed by atoms with Crippen LogP contribution in [0.25, 0.3) is 0 Å². The number of aliphatic imine (C=N–C) groups is 1. The highest BCUT2D eigenvalue weighted by molar-refractivity contribution is 14.0. The highest BCUT2D eigenvalue weighted by Gasteiger charge is 2.12. The van der Waals surface area contributed by atoms with Gasteiger partial charge in [0.05, 0.1) is 13.7 Å². The van der Waals surface area contributed by atoms with E-state index in [2.05, 4.69) is 44.2 Å². The predicted molar refractivity (Wildman–Crippen MR) is 140 cm³/mol. The van der Waals surface area contributed by atoms with E-state index in [-0.39, 0.29) is 24.0 Å². The van der Waals surface area contributed by atoms with Gasteiger partial charge in [-0.15, -0.1) is 34.2 Å². The molecule has 0 aliphatic heterocycles. The van der Waals surface area contributed by atoms with Crippen molar-refractivity contribution >= 4 is 47.4 Å². The maximum Gasteiger partial charge on any atom is 0.195 e. The Morgan fingerprint density at radius 3 is 2.65 bits per heavy atom. The number of nitrogens with one attached hydrogen (secondary N) is 2. The molecule has 1 heterocycles. The molecule has 2 N–H and O–H groups in total. The van der Waals surface area contributed by atoms with Crippen LogP contribution < -0.4 is 20.1 Å². The minimum Gasteiger partial charge on any atom is -0.493 e. The molecule has 8 nitrogen and oxygen atoms in total. The molecule has 2 aromatic rings. The molecule has 1 aromatic carbocycles. The lowest BCUT2D eigenvalue weighted by molar-refractivity contribution is 0.311. The second-order valence-corrected chi connectivity index (χ2v) is 7.91. The molecule has 0 aliphatic rings. The van der Waals surface area contributed by atoms with E-state index in [1.54, 1.807) is 25.9 Å². The summed E-state index contributed by atoms with van der Waals surface area (Å²) in [6, 6.07) is 5.73. The molecule has 0 saturated carbocycles. The fourth-order valence-corrected chi connectivity index (χ4v) is 3.52. The Hall–Kier alpha value is -1.69. The number of guanidine groups is 1. The van der Waals surface area contributed by atoms with Crippen molar-refractivity contribution < 1.29 is 9.47 Å². The molecule has 0 amide bonds. The van der Waals surface area contributed by atoms with Crippen LogP contribution in [0.5, 0.6) is 11.5 Å². The molecule has 0 atom stereocenters. The topological polar surface area (TPSA) is 85.6 Å². The second kappa shape index (κ2) is 14.4. The van der Waals surface area contributed by atoms with Gasteiger partial charge in [0.2, 0.25) is 0 Å². The van der Waals surface area contributed by atoms with E-state index in [0.717, 1.165) is 48.3 Å². The molecule has 0 unspecified atom stereocenters. The SMILES string of the molecule is CCOc1ccc(NC(=NC)NCCCc2nnc(SC)n2CC(C)C)cc1OC.I. The molecule has 1 aromatic heterocycles. The molecule has 31 heavy (non-hydrogen) atoms. The van der Waals surface area contributed by atoms with E-state index in [0.29, 0.717) is 24.2 Å². The molecular formula is C21H35IN6O2S. The standard InChI is InChI=1S/C21H34N6O2S.HI/c1-7-29-17-11-10-16(13-18(17)28-5)24-20(22-4)23-12-8-9-19-25-26-21(30-6)27(19)14-15(2)3;/h10-11,13,15H,7-9,12,14H2,1-6H3,(H2,22,23,24);1H. The summed E-state index contributed by atoms with van der Waals surface area (Å²) in [5.74, 6) is 3.71. The number of ether oxygens (including phenoxy) is 2. The highest BCUT2D eigenvalue weighted by atomic mass is 127. The van der Waals surface area contributed by atoms with Crippen LogP contribution in [0.1, 0.15) is 33.0 Å². The number of hydrogen-bond donors (Lipinski definition) is 2. The van der Waals surface area contributed by atoms with Gasteiger partial charge in [0.15, 0.2) is 22.6 Å². The number of thioether (sulfide) groups is 1. The number of benzene rings is 1. The Kier molecular flexibility index (Phi) is 12.7. The fraction of sp³-hybridized carbons (Fsp3) is 0.571. The van der Waals surface area contributed by atoms with E-state index in [1.807, 2.05) is 31.4 Å². The van der Waals surface area contributed by atoms with Crippen molar-refractivity contribution in [3.63, 3.8) is 0 Å². The third-order valence-electron chi connectivity index (χ3n) is 4.34. The van der Waals surface area contributed by atoms with E-state index in [9.17, 15) is 0 Å². The van der Waals surface area contributed by atoms with E-state index in [1.165, 1.54) is 0 Å². The zero-order valence-electron chi connectivity index (χ0n) is 19.3. The van der Waals surface area contributed by atoms with Crippen LogP contribution in [0.2, 0.25) is 0 Å². The van der Waals surface area contributed by atoms with Crippen LogP contribution in [0.3, 0.4) is 0 Å². The first-order valence-electron chi connectivity index (χ1n) is 10.3. The highest BCUT2D eigenvalue weighted by Crippen LogP contribution is 2.30. The second-order valence-electron chi connectivity index (χ2n) is 7.13. The first-order chi connectivity index (χ1) is 14.5. The van der Waals surface area contributed by atoms with E-state index < -0.39 is 0 Å². The molecule has 2 rings (SSSR count). The third-order valence-corrected chi connectivity index (χ3v) is 5.01. The minimum absolute atomic E-state index is 0. The number of nitrogens with zero attached hydrogens (tertiary/aromatic N) is 4. The maximum absolute atomic E-state index is 5.57. The van der Waals surface area contributed by atoms with Gasteiger partial charge in [-0.3, -0.25) is 4.99 Å². The van der Waals surface area contributed by atoms with Crippen molar-refractivity contribution in [2.75, 3.05) is 38.9 Å². The molecule has 0 radical (unpaired) electrons. The monoisotopic (exact) mass is 562 g/mol. The first kappa shape index (κ1) is 27.3. The summed E-state index contributed by atoms with van der Waals surface area (Å²) >= 11 is 1.64. The fourth-order valence-electron chi connectivity index (χ4n) is 2.99. The van der Waals surface area contributed by atoms with Gasteiger partial charge < -0.3 is 24.7 Å². The molecule has 0 aliphatic carbocycles. The van der Waals surface area contributed by atoms with Crippen molar-refractivity contribution in [2.45, 2.75) is 45.3 Å². The van der Waals surface area contributed by atoms with Crippen LogP contribution in [-0.2, 0) is 13.0 Å². The van der Waals surface area contributed by atoms with Gasteiger partial charge in [-0.05, 0) is 37.7 Å². The number of aryl methyl sites for hydroxylation is 1. The van der Waals surface area contributed by atoms with Gasteiger partial charge in [-0.2, -0.15) is 0 Å². The average molecular weight is 563 g/mol. The number of methoxy groups -OCH3 is 1. The number of hydrogen-bond acceptors (Lipinski definition) is 6. The Bertz CT molecular complexity index is 828. The maximum atomic E-state index is 5.57. The molecule has 174 valence electrons. The van der Waals surface area contributed by atoms with Crippen LogP contribution >= 0.6 is 35.7 Å². The normalized spacial score (nSPS) is 11.3. The van der Waals surface area contributed by atoms with Gasteiger partial charge in [-0.25, -0.2) is 0 Å². The van der Waals surface area contributed by atoms with Gasteiger partial charge in [-0.1, -0.05) is 25.6 Å². The minimum atomic E-state index is 0. The summed E-state index contributed by atoms with van der Waals surface area (Å²) in [6.45, 7) is 8.67. The molecule has 0 bridgehead atoms. The van der Waals surface area contributed by atoms with Crippen molar-refractivity contribution in [1.82, 2.24) is 20.1 Å². The van der Waals surface area contributed by atoms with Crippen LogP contribution in [0.4, 0.5) is 5.69 Å². The Morgan fingerprint density at radius 2 is 2.03 bits per heavy atom. The Morgan fingerprint density at radius 1 is 1.26 bits per heavy atom. The zero-order chi connectivity index (χ0) is 21.9. The summed E-state index contributed by atoms with van der Waals surface area (Å²) in [7, 11) is 3.39. The van der Waals surface area contributed by atoms with Crippen LogP contribution in [0, 0.1) is 5.92 Å². The van der Waals surface area contributed by atoms with E-state index >= 15 is 0 Å². The molecule has 0 fully saturated rings. The van der Waals surface area contributed by atoms with Gasteiger partial charge in [0, 0.05) is 38.3 Å². The Labute approximate surface area is 207 Å². The van der Waals surface area contributed by atoms with Crippen LogP contribution in [0.15, 0.2) is 28.3 Å². The number of halogens is 1. The van der Waals surface area contributed by atoms with Gasteiger partial charge >= 0.3 is 0 Å². The van der Waals surface area contributed by atoms with E-state index in [4.69, 9.17) is 9.47 Å². The first-order valence-corrected chi connectivity index (χ1v) is 11.5. The summed E-state index contributed by atoms with van der Waals surface area (Å²) < 4.78 is 13.2. The van der Waals surface area contributed by atoms with Crippen LogP contribution in [-0.4, -0.2) is 54.3 Å². The van der Waals surface area contributed by atoms with Crippen molar-refractivity contribution in [1.29, 1.82) is 0 Å². The average Bonchev–Trinajstić information content (AvgIpc) is 3.12. The third kappa shape index (κ3) is 8.40. The lowest BCUT2D eigenvalue weighted by atomic mass is 10.2. The summed E-state index contributed by atoms with van der Waals surface area (Å²) in [4.78, 5) is 4.30. The van der Waals surface area contributed by atoms with Gasteiger partial charge in [0.1, 0.15) is 5.82 Å². The summed E-state index contributed by atoms with van der Waals surface area (Å²) in [5.41, 5.74) is 0.879. The number of aromatic nitrogens is 3. The smallest absolute Gasteiger partial charge is 0.195 e. The molecular weight excluding hydrogens is 527 g/mol. The van der Waals surface area contributed by atoms with Crippen molar-refractivity contribution in [3.8, 4) is 11.5 Å². The summed E-state index contributed by atoms with van der Waals surface area (Å²) in [5, 5.41) is 16.3. The van der Waals surface area contributed by atoms with Crippen molar-refractivity contribution in [3.05, 3.63) is 24.0 Å². The summed E-state index contributed by atoms with van der Waals surface area (Å²) in [6.07, 6.45) is 3.83. The number of rotatable bonds is 11. The largest absolute Gasteiger partial charge is 0.493 e. The number of anilines is 1. The zero-order valence-corrected chi connectivity index (χ0v) is 22.4. The van der Waals surface area contributed by atoms with Gasteiger partial charge in [0.25, 0.3) is 0 Å². The molecule has 10 heteroatoms. The quantitative estimate of drug-likeness (QED) is 0.139.